The summed E-state index contributed by atoms with van der Waals surface area (Å²) in [6.45, 7) is 1.32. The summed E-state index contributed by atoms with van der Waals surface area (Å²) in [4.78, 5) is 4.07. The van der Waals surface area contributed by atoms with Crippen molar-refractivity contribution in [3.8, 4) is 5.75 Å². The first-order valence-electron chi connectivity index (χ1n) is 6.96. The van der Waals surface area contributed by atoms with Crippen molar-refractivity contribution in [2.24, 2.45) is 4.99 Å². The Morgan fingerprint density at radius 3 is 2.27 bits per heavy atom. The van der Waals surface area contributed by atoms with Crippen molar-refractivity contribution >= 4 is 29.9 Å². The van der Waals surface area contributed by atoms with Crippen molar-refractivity contribution in [3.63, 3.8) is 0 Å². The third-order valence-electron chi connectivity index (χ3n) is 3.09. The van der Waals surface area contributed by atoms with E-state index in [1.165, 1.54) is 11.1 Å². The van der Waals surface area contributed by atoms with Crippen molar-refractivity contribution in [3.05, 3.63) is 65.7 Å². The predicted octanol–water partition coefficient (Wildman–Crippen LogP) is 3.18. The van der Waals surface area contributed by atoms with Crippen LogP contribution >= 0.6 is 24.0 Å². The van der Waals surface area contributed by atoms with Gasteiger partial charge in [-0.25, -0.2) is 0 Å². The maximum Gasteiger partial charge on any atom is 0.190 e. The van der Waals surface area contributed by atoms with Crippen LogP contribution in [0.2, 0.25) is 0 Å². The van der Waals surface area contributed by atoms with Crippen LogP contribution in [0.3, 0.4) is 0 Å². The summed E-state index contributed by atoms with van der Waals surface area (Å²) in [6.07, 6.45) is 0. The van der Waals surface area contributed by atoms with E-state index in [2.05, 4.69) is 39.9 Å². The molecule has 0 unspecified atom stereocenters. The molecule has 0 saturated heterocycles. The topological polar surface area (TPSA) is 45.7 Å². The molecular formula is C17H22IN3O. The van der Waals surface area contributed by atoms with Crippen molar-refractivity contribution in [2.45, 2.75) is 13.2 Å². The fourth-order valence-corrected chi connectivity index (χ4v) is 1.91. The summed E-state index contributed by atoms with van der Waals surface area (Å²) in [5.41, 5.74) is 2.35. The maximum atomic E-state index is 5.76. The number of nitrogens with one attached hydrogen (secondary N) is 2. The van der Waals surface area contributed by atoms with Gasteiger partial charge in [0.1, 0.15) is 12.4 Å². The smallest absolute Gasteiger partial charge is 0.190 e. The molecular weight excluding hydrogens is 389 g/mol. The quantitative estimate of drug-likeness (QED) is 0.452. The number of hydrogen-bond acceptors (Lipinski definition) is 2. The molecule has 0 heterocycles. The van der Waals surface area contributed by atoms with E-state index in [1.54, 1.807) is 7.05 Å². The molecule has 2 aromatic rings. The highest BCUT2D eigenvalue weighted by atomic mass is 127. The van der Waals surface area contributed by atoms with Crippen LogP contribution in [0, 0.1) is 0 Å². The van der Waals surface area contributed by atoms with Crippen LogP contribution < -0.4 is 15.4 Å². The lowest BCUT2D eigenvalue weighted by atomic mass is 10.2. The Morgan fingerprint density at radius 1 is 1.00 bits per heavy atom. The number of halogens is 1. The standard InChI is InChI=1S/C17H21N3O.HI/c1-18-17(19-2)20-12-14-8-10-16(11-9-14)21-13-15-6-4-3-5-7-15;/h3-11H,12-13H2,1-2H3,(H2,18,19,20);1H. The van der Waals surface area contributed by atoms with Crippen LogP contribution in [0.5, 0.6) is 5.75 Å². The van der Waals surface area contributed by atoms with Gasteiger partial charge in [-0.15, -0.1) is 24.0 Å². The van der Waals surface area contributed by atoms with Crippen LogP contribution in [0.4, 0.5) is 0 Å². The number of guanidine groups is 1. The van der Waals surface area contributed by atoms with Gasteiger partial charge in [0.15, 0.2) is 5.96 Å². The summed E-state index contributed by atoms with van der Waals surface area (Å²) >= 11 is 0. The molecule has 0 fully saturated rings. The molecule has 0 spiro atoms. The fourth-order valence-electron chi connectivity index (χ4n) is 1.91. The number of rotatable bonds is 5. The molecule has 0 atom stereocenters. The van der Waals surface area contributed by atoms with E-state index >= 15 is 0 Å². The zero-order valence-electron chi connectivity index (χ0n) is 12.9. The fraction of sp³-hybridized carbons (Fsp3) is 0.235. The first-order valence-corrected chi connectivity index (χ1v) is 6.96. The lowest BCUT2D eigenvalue weighted by Gasteiger charge is -2.10. The Morgan fingerprint density at radius 2 is 1.68 bits per heavy atom. The Labute approximate surface area is 149 Å². The van der Waals surface area contributed by atoms with E-state index in [4.69, 9.17) is 4.74 Å². The van der Waals surface area contributed by atoms with Crippen LogP contribution in [0.15, 0.2) is 59.6 Å². The zero-order chi connectivity index (χ0) is 14.9. The largest absolute Gasteiger partial charge is 0.489 e. The molecule has 0 saturated carbocycles. The van der Waals surface area contributed by atoms with Crippen LogP contribution in [-0.2, 0) is 13.2 Å². The first-order chi connectivity index (χ1) is 10.3. The summed E-state index contributed by atoms with van der Waals surface area (Å²) in [7, 11) is 3.59. The molecule has 0 amide bonds. The summed E-state index contributed by atoms with van der Waals surface area (Å²) in [5.74, 6) is 1.65. The Hall–Kier alpha value is -1.76. The Kier molecular flexibility index (Phi) is 8.35. The molecule has 2 rings (SSSR count). The van der Waals surface area contributed by atoms with Crippen LogP contribution in [0.25, 0.3) is 0 Å². The number of hydrogen-bond donors (Lipinski definition) is 2. The van der Waals surface area contributed by atoms with Crippen LogP contribution in [-0.4, -0.2) is 20.1 Å². The second-order valence-electron chi connectivity index (χ2n) is 4.59. The maximum absolute atomic E-state index is 5.76. The van der Waals surface area contributed by atoms with Gasteiger partial charge in [-0.2, -0.15) is 0 Å². The van der Waals surface area contributed by atoms with E-state index in [1.807, 2.05) is 37.4 Å². The third kappa shape index (κ3) is 5.93. The van der Waals surface area contributed by atoms with E-state index < -0.39 is 0 Å². The monoisotopic (exact) mass is 411 g/mol. The summed E-state index contributed by atoms with van der Waals surface area (Å²) in [5, 5.41) is 6.20. The molecule has 0 aliphatic heterocycles. The molecule has 0 radical (unpaired) electrons. The molecule has 118 valence electrons. The van der Waals surface area contributed by atoms with Crippen molar-refractivity contribution in [1.82, 2.24) is 10.6 Å². The molecule has 4 nitrogen and oxygen atoms in total. The summed E-state index contributed by atoms with van der Waals surface area (Å²) in [6, 6.07) is 18.2. The van der Waals surface area contributed by atoms with Crippen LogP contribution in [0.1, 0.15) is 11.1 Å². The first kappa shape index (κ1) is 18.3. The van der Waals surface area contributed by atoms with Gasteiger partial charge in [-0.3, -0.25) is 4.99 Å². The predicted molar refractivity (Wildman–Crippen MR) is 102 cm³/mol. The molecule has 2 N–H and O–H groups in total. The van der Waals surface area contributed by atoms with E-state index in [0.717, 1.165) is 18.3 Å². The third-order valence-corrected chi connectivity index (χ3v) is 3.09. The van der Waals surface area contributed by atoms with Gasteiger partial charge in [0.25, 0.3) is 0 Å². The number of aliphatic imine (C=N–C) groups is 1. The normalized spacial score (nSPS) is 10.5. The van der Waals surface area contributed by atoms with Gasteiger partial charge < -0.3 is 15.4 Å². The van der Waals surface area contributed by atoms with Crippen molar-refractivity contribution in [1.29, 1.82) is 0 Å². The van der Waals surface area contributed by atoms with Gasteiger partial charge in [-0.05, 0) is 23.3 Å². The molecule has 0 aromatic heterocycles. The zero-order valence-corrected chi connectivity index (χ0v) is 15.2. The minimum Gasteiger partial charge on any atom is -0.489 e. The van der Waals surface area contributed by atoms with Gasteiger partial charge in [-0.1, -0.05) is 42.5 Å². The van der Waals surface area contributed by atoms with Gasteiger partial charge in [0.2, 0.25) is 0 Å². The number of benzene rings is 2. The average molecular weight is 411 g/mol. The van der Waals surface area contributed by atoms with Crippen molar-refractivity contribution in [2.75, 3.05) is 14.1 Å². The SMILES string of the molecule is CN=C(NC)NCc1ccc(OCc2ccccc2)cc1.I. The minimum absolute atomic E-state index is 0. The average Bonchev–Trinajstić information content (AvgIpc) is 2.56. The van der Waals surface area contributed by atoms with Gasteiger partial charge in [0.05, 0.1) is 0 Å². The number of nitrogens with zero attached hydrogens (tertiary/aromatic N) is 1. The molecule has 22 heavy (non-hydrogen) atoms. The van der Waals surface area contributed by atoms with E-state index in [0.29, 0.717) is 6.61 Å². The molecule has 0 aliphatic rings. The van der Waals surface area contributed by atoms with Crippen molar-refractivity contribution < 1.29 is 4.74 Å². The molecule has 5 heteroatoms. The van der Waals surface area contributed by atoms with Gasteiger partial charge >= 0.3 is 0 Å². The van der Waals surface area contributed by atoms with Gasteiger partial charge in [0, 0.05) is 20.6 Å². The number of ether oxygens (including phenoxy) is 1. The second kappa shape index (κ2) is 10.0. The minimum atomic E-state index is 0. The lowest BCUT2D eigenvalue weighted by molar-refractivity contribution is 0.306. The highest BCUT2D eigenvalue weighted by molar-refractivity contribution is 14.0. The molecule has 2 aromatic carbocycles. The molecule has 0 bridgehead atoms. The Balaban J connectivity index is 0.00000242. The lowest BCUT2D eigenvalue weighted by Crippen LogP contribution is -2.33. The highest BCUT2D eigenvalue weighted by Crippen LogP contribution is 2.14. The van der Waals surface area contributed by atoms with E-state index in [9.17, 15) is 0 Å². The summed E-state index contributed by atoms with van der Waals surface area (Å²) < 4.78 is 5.76. The Bertz CT molecular complexity index is 570. The molecule has 0 aliphatic carbocycles. The second-order valence-corrected chi connectivity index (χ2v) is 4.59. The van der Waals surface area contributed by atoms with E-state index in [-0.39, 0.29) is 24.0 Å². The highest BCUT2D eigenvalue weighted by Gasteiger charge is 1.98.